The molecule has 0 radical (unpaired) electrons. The maximum absolute atomic E-state index is 11.9. The lowest BCUT2D eigenvalue weighted by Crippen LogP contribution is -2.31. The van der Waals surface area contributed by atoms with E-state index in [1.807, 2.05) is 0 Å². The van der Waals surface area contributed by atoms with Crippen molar-refractivity contribution in [3.05, 3.63) is 0 Å². The van der Waals surface area contributed by atoms with Crippen molar-refractivity contribution < 1.29 is 22.6 Å². The summed E-state index contributed by atoms with van der Waals surface area (Å²) < 4.78 is 45.1. The van der Waals surface area contributed by atoms with E-state index in [2.05, 4.69) is 4.74 Å². The first kappa shape index (κ1) is 9.80. The molecule has 2 nitrogen and oxygen atoms in total. The SMILES string of the molecule is CC(OCC1(C)CO1)C(F)(F)F. The highest BCUT2D eigenvalue weighted by molar-refractivity contribution is 4.86. The molecular weight excluding hydrogens is 173 g/mol. The average molecular weight is 184 g/mol. The van der Waals surface area contributed by atoms with Crippen LogP contribution in [0.4, 0.5) is 13.2 Å². The molecule has 1 fully saturated rings. The smallest absolute Gasteiger partial charge is 0.367 e. The van der Waals surface area contributed by atoms with Gasteiger partial charge in [0.2, 0.25) is 0 Å². The van der Waals surface area contributed by atoms with Crippen molar-refractivity contribution >= 4 is 0 Å². The van der Waals surface area contributed by atoms with Crippen LogP contribution < -0.4 is 0 Å². The molecule has 1 aliphatic rings. The summed E-state index contributed by atoms with van der Waals surface area (Å²) in [6.45, 7) is 3.20. The van der Waals surface area contributed by atoms with Crippen LogP contribution in [0.25, 0.3) is 0 Å². The Morgan fingerprint density at radius 2 is 2.08 bits per heavy atom. The van der Waals surface area contributed by atoms with Crippen molar-refractivity contribution in [2.75, 3.05) is 13.2 Å². The summed E-state index contributed by atoms with van der Waals surface area (Å²) in [5, 5.41) is 0. The second-order valence-corrected chi connectivity index (χ2v) is 3.23. The summed E-state index contributed by atoms with van der Waals surface area (Å²) in [7, 11) is 0. The van der Waals surface area contributed by atoms with Crippen LogP contribution in [-0.2, 0) is 9.47 Å². The lowest BCUT2D eigenvalue weighted by molar-refractivity contribution is -0.217. The van der Waals surface area contributed by atoms with Crippen molar-refractivity contribution in [2.45, 2.75) is 31.7 Å². The number of ether oxygens (including phenoxy) is 2. The van der Waals surface area contributed by atoms with Gasteiger partial charge in [-0.05, 0) is 13.8 Å². The third kappa shape index (κ3) is 2.64. The zero-order valence-electron chi connectivity index (χ0n) is 6.94. The molecule has 0 aromatic carbocycles. The molecule has 1 saturated heterocycles. The third-order valence-corrected chi connectivity index (χ3v) is 1.74. The van der Waals surface area contributed by atoms with E-state index < -0.39 is 17.9 Å². The van der Waals surface area contributed by atoms with Gasteiger partial charge in [0.1, 0.15) is 5.60 Å². The molecule has 0 bridgehead atoms. The maximum Gasteiger partial charge on any atom is 0.414 e. The van der Waals surface area contributed by atoms with E-state index >= 15 is 0 Å². The molecule has 0 aliphatic carbocycles. The number of rotatable bonds is 3. The molecule has 0 N–H and O–H groups in total. The Kier molecular flexibility index (Phi) is 2.35. The zero-order valence-corrected chi connectivity index (χ0v) is 6.94. The minimum atomic E-state index is -4.27. The predicted molar refractivity (Wildman–Crippen MR) is 35.8 cm³/mol. The lowest BCUT2D eigenvalue weighted by Gasteiger charge is -2.17. The molecular formula is C7H11F3O2. The van der Waals surface area contributed by atoms with Crippen LogP contribution in [0, 0.1) is 0 Å². The number of halogens is 3. The van der Waals surface area contributed by atoms with Gasteiger partial charge in [-0.25, -0.2) is 0 Å². The average Bonchev–Trinajstić information content (AvgIpc) is 2.62. The fraction of sp³-hybridized carbons (Fsp3) is 1.00. The minimum Gasteiger partial charge on any atom is -0.367 e. The molecule has 0 aromatic heterocycles. The van der Waals surface area contributed by atoms with Crippen LogP contribution in [0.2, 0.25) is 0 Å². The Bertz CT molecular complexity index is 163. The van der Waals surface area contributed by atoms with Crippen molar-refractivity contribution in [3.63, 3.8) is 0 Å². The van der Waals surface area contributed by atoms with Gasteiger partial charge in [0, 0.05) is 0 Å². The second kappa shape index (κ2) is 2.88. The van der Waals surface area contributed by atoms with Crippen LogP contribution >= 0.6 is 0 Å². The highest BCUT2D eigenvalue weighted by atomic mass is 19.4. The Morgan fingerprint density at radius 3 is 2.42 bits per heavy atom. The highest BCUT2D eigenvalue weighted by Crippen LogP contribution is 2.29. The van der Waals surface area contributed by atoms with E-state index in [0.717, 1.165) is 6.92 Å². The largest absolute Gasteiger partial charge is 0.414 e. The second-order valence-electron chi connectivity index (χ2n) is 3.23. The van der Waals surface area contributed by atoms with Crippen LogP contribution in [-0.4, -0.2) is 31.1 Å². The van der Waals surface area contributed by atoms with Gasteiger partial charge in [-0.3, -0.25) is 0 Å². The molecule has 2 atom stereocenters. The van der Waals surface area contributed by atoms with Crippen LogP contribution in [0.1, 0.15) is 13.8 Å². The van der Waals surface area contributed by atoms with Crippen LogP contribution in [0.15, 0.2) is 0 Å². The summed E-state index contributed by atoms with van der Waals surface area (Å²) in [4.78, 5) is 0. The summed E-state index contributed by atoms with van der Waals surface area (Å²) >= 11 is 0. The standard InChI is InChI=1S/C7H11F3O2/c1-5(7(8,9)10)11-3-6(2)4-12-6/h5H,3-4H2,1-2H3. The predicted octanol–water partition coefficient (Wildman–Crippen LogP) is 1.74. The van der Waals surface area contributed by atoms with Gasteiger partial charge in [-0.1, -0.05) is 0 Å². The molecule has 0 amide bonds. The van der Waals surface area contributed by atoms with E-state index in [0.29, 0.717) is 6.61 Å². The summed E-state index contributed by atoms with van der Waals surface area (Å²) in [6, 6.07) is 0. The molecule has 2 unspecified atom stereocenters. The normalized spacial score (nSPS) is 31.8. The minimum absolute atomic E-state index is 0.00762. The first-order valence-electron chi connectivity index (χ1n) is 3.66. The van der Waals surface area contributed by atoms with Crippen molar-refractivity contribution in [2.24, 2.45) is 0 Å². The molecule has 1 heterocycles. The monoisotopic (exact) mass is 184 g/mol. The fourth-order valence-electron chi connectivity index (χ4n) is 0.602. The van der Waals surface area contributed by atoms with E-state index in [1.165, 1.54) is 0 Å². The highest BCUT2D eigenvalue weighted by Gasteiger charge is 2.43. The van der Waals surface area contributed by atoms with E-state index in [1.54, 1.807) is 6.92 Å². The molecule has 0 saturated carbocycles. The van der Waals surface area contributed by atoms with Gasteiger partial charge < -0.3 is 9.47 Å². The van der Waals surface area contributed by atoms with Gasteiger partial charge in [0.15, 0.2) is 6.10 Å². The number of hydrogen-bond acceptors (Lipinski definition) is 2. The molecule has 0 aromatic rings. The van der Waals surface area contributed by atoms with E-state index in [4.69, 9.17) is 4.74 Å². The van der Waals surface area contributed by atoms with Gasteiger partial charge in [0.25, 0.3) is 0 Å². The van der Waals surface area contributed by atoms with E-state index in [9.17, 15) is 13.2 Å². The zero-order chi connectivity index (χ0) is 9.41. The van der Waals surface area contributed by atoms with Gasteiger partial charge in [-0.15, -0.1) is 0 Å². The number of epoxide rings is 1. The first-order valence-corrected chi connectivity index (χ1v) is 3.66. The number of alkyl halides is 3. The summed E-state index contributed by atoms with van der Waals surface area (Å²) in [6.07, 6.45) is -5.98. The fourth-order valence-corrected chi connectivity index (χ4v) is 0.602. The Balaban J connectivity index is 2.23. The van der Waals surface area contributed by atoms with Gasteiger partial charge in [0.05, 0.1) is 13.2 Å². The van der Waals surface area contributed by atoms with Crippen molar-refractivity contribution in [1.82, 2.24) is 0 Å². The summed E-state index contributed by atoms with van der Waals surface area (Å²) in [5.41, 5.74) is -0.473. The molecule has 12 heavy (non-hydrogen) atoms. The third-order valence-electron chi connectivity index (χ3n) is 1.74. The quantitative estimate of drug-likeness (QED) is 0.623. The van der Waals surface area contributed by atoms with Crippen LogP contribution in [0.3, 0.4) is 0 Å². The van der Waals surface area contributed by atoms with Crippen molar-refractivity contribution in [3.8, 4) is 0 Å². The van der Waals surface area contributed by atoms with Crippen LogP contribution in [0.5, 0.6) is 0 Å². The Morgan fingerprint density at radius 1 is 1.58 bits per heavy atom. The van der Waals surface area contributed by atoms with Crippen molar-refractivity contribution in [1.29, 1.82) is 0 Å². The molecule has 1 aliphatic heterocycles. The first-order chi connectivity index (χ1) is 5.33. The van der Waals surface area contributed by atoms with Gasteiger partial charge >= 0.3 is 6.18 Å². The molecule has 72 valence electrons. The molecule has 5 heteroatoms. The molecule has 1 rings (SSSR count). The van der Waals surface area contributed by atoms with E-state index in [-0.39, 0.29) is 6.61 Å². The maximum atomic E-state index is 11.9. The number of hydrogen-bond donors (Lipinski definition) is 0. The Hall–Kier alpha value is -0.290. The summed E-state index contributed by atoms with van der Waals surface area (Å²) in [5.74, 6) is 0. The van der Waals surface area contributed by atoms with Gasteiger partial charge in [-0.2, -0.15) is 13.2 Å². The lowest BCUT2D eigenvalue weighted by atomic mass is 10.2. The Labute approximate surface area is 68.6 Å². The topological polar surface area (TPSA) is 21.8 Å². The molecule has 0 spiro atoms.